The molecule has 0 saturated heterocycles. The number of hydrogen-bond donors (Lipinski definition) is 2. The van der Waals surface area contributed by atoms with E-state index in [0.717, 1.165) is 16.6 Å². The van der Waals surface area contributed by atoms with Crippen LogP contribution in [0.3, 0.4) is 0 Å². The predicted octanol–water partition coefficient (Wildman–Crippen LogP) is 4.34. The van der Waals surface area contributed by atoms with Crippen LogP contribution in [-0.4, -0.2) is 24.9 Å². The maximum atomic E-state index is 13.6. The standard InChI is InChI=1S/C19H19FN6/c1-10(2)16-14(6-12-4-5-13(20)7-15(12)26-16)11(3)25-19-17-18(22-8-21-17)23-9-24-19/h4-11H,1-3H3,(H2,21,22,23,24,25). The molecule has 0 bridgehead atoms. The molecule has 0 radical (unpaired) electrons. The third-order valence-corrected chi connectivity index (χ3v) is 4.42. The Morgan fingerprint density at radius 2 is 1.92 bits per heavy atom. The highest BCUT2D eigenvalue weighted by atomic mass is 19.1. The van der Waals surface area contributed by atoms with Gasteiger partial charge in [-0.15, -0.1) is 0 Å². The number of fused-ring (bicyclic) bond motifs is 2. The van der Waals surface area contributed by atoms with Crippen molar-refractivity contribution in [1.29, 1.82) is 0 Å². The van der Waals surface area contributed by atoms with Crippen LogP contribution >= 0.6 is 0 Å². The minimum Gasteiger partial charge on any atom is -0.362 e. The zero-order valence-corrected chi connectivity index (χ0v) is 14.8. The van der Waals surface area contributed by atoms with Crippen LogP contribution in [0.1, 0.15) is 44.0 Å². The summed E-state index contributed by atoms with van der Waals surface area (Å²) in [5, 5.41) is 4.32. The number of pyridine rings is 1. The lowest BCUT2D eigenvalue weighted by Crippen LogP contribution is -2.13. The summed E-state index contributed by atoms with van der Waals surface area (Å²) in [4.78, 5) is 20.5. The number of benzene rings is 1. The number of imidazole rings is 1. The average Bonchev–Trinajstić information content (AvgIpc) is 3.10. The highest BCUT2D eigenvalue weighted by Crippen LogP contribution is 2.30. The van der Waals surface area contributed by atoms with E-state index in [1.807, 2.05) is 0 Å². The van der Waals surface area contributed by atoms with Crippen molar-refractivity contribution < 1.29 is 4.39 Å². The van der Waals surface area contributed by atoms with E-state index < -0.39 is 0 Å². The number of nitrogens with one attached hydrogen (secondary N) is 2. The van der Waals surface area contributed by atoms with Gasteiger partial charge in [-0.25, -0.2) is 19.3 Å². The first-order chi connectivity index (χ1) is 12.5. The van der Waals surface area contributed by atoms with Crippen LogP contribution < -0.4 is 5.32 Å². The number of rotatable bonds is 4. The molecule has 26 heavy (non-hydrogen) atoms. The molecule has 7 heteroatoms. The molecule has 0 saturated carbocycles. The number of aromatic nitrogens is 5. The molecular weight excluding hydrogens is 331 g/mol. The number of nitrogens with zero attached hydrogens (tertiary/aromatic N) is 4. The van der Waals surface area contributed by atoms with Gasteiger partial charge in [-0.2, -0.15) is 0 Å². The molecule has 0 fully saturated rings. The second-order valence-electron chi connectivity index (χ2n) is 6.64. The van der Waals surface area contributed by atoms with Crippen molar-refractivity contribution in [3.8, 4) is 0 Å². The van der Waals surface area contributed by atoms with Crippen molar-refractivity contribution >= 4 is 27.9 Å². The summed E-state index contributed by atoms with van der Waals surface area (Å²) in [5.41, 5.74) is 4.05. The summed E-state index contributed by atoms with van der Waals surface area (Å²) in [6.07, 6.45) is 3.10. The highest BCUT2D eigenvalue weighted by molar-refractivity contribution is 5.83. The van der Waals surface area contributed by atoms with Gasteiger partial charge in [0.25, 0.3) is 0 Å². The number of aromatic amines is 1. The van der Waals surface area contributed by atoms with Crippen LogP contribution in [0.2, 0.25) is 0 Å². The van der Waals surface area contributed by atoms with E-state index in [1.54, 1.807) is 12.4 Å². The fourth-order valence-electron chi connectivity index (χ4n) is 3.13. The van der Waals surface area contributed by atoms with E-state index in [2.05, 4.69) is 52.1 Å². The largest absolute Gasteiger partial charge is 0.362 e. The molecule has 0 aliphatic carbocycles. The molecule has 0 amide bonds. The zero-order chi connectivity index (χ0) is 18.3. The molecule has 0 aliphatic heterocycles. The quantitative estimate of drug-likeness (QED) is 0.572. The molecule has 0 aliphatic rings. The molecule has 1 atom stereocenters. The van der Waals surface area contributed by atoms with E-state index in [1.165, 1.54) is 18.5 Å². The molecule has 3 heterocycles. The van der Waals surface area contributed by atoms with E-state index >= 15 is 0 Å². The molecule has 4 rings (SSSR count). The van der Waals surface area contributed by atoms with Crippen molar-refractivity contribution in [3.63, 3.8) is 0 Å². The van der Waals surface area contributed by atoms with Gasteiger partial charge >= 0.3 is 0 Å². The van der Waals surface area contributed by atoms with Gasteiger partial charge in [0, 0.05) is 17.1 Å². The maximum Gasteiger partial charge on any atom is 0.162 e. The number of H-pyrrole nitrogens is 1. The van der Waals surface area contributed by atoms with E-state index in [4.69, 9.17) is 4.98 Å². The van der Waals surface area contributed by atoms with Crippen LogP contribution in [0, 0.1) is 5.82 Å². The normalized spacial score (nSPS) is 12.8. The van der Waals surface area contributed by atoms with Crippen LogP contribution in [0.5, 0.6) is 0 Å². The molecule has 0 spiro atoms. The SMILES string of the molecule is CC(C)c1nc2cc(F)ccc2cc1C(C)Nc1ncnc2[nH]cnc12. The number of hydrogen-bond acceptors (Lipinski definition) is 5. The summed E-state index contributed by atoms with van der Waals surface area (Å²) in [6.45, 7) is 6.22. The lowest BCUT2D eigenvalue weighted by atomic mass is 9.97. The van der Waals surface area contributed by atoms with Crippen molar-refractivity contribution in [3.05, 3.63) is 54.0 Å². The van der Waals surface area contributed by atoms with E-state index in [-0.39, 0.29) is 17.8 Å². The van der Waals surface area contributed by atoms with Crippen molar-refractivity contribution in [1.82, 2.24) is 24.9 Å². The predicted molar refractivity (Wildman–Crippen MR) is 99.5 cm³/mol. The summed E-state index contributed by atoms with van der Waals surface area (Å²) in [5.74, 6) is 0.593. The Hall–Kier alpha value is -3.09. The molecule has 2 N–H and O–H groups in total. The first-order valence-corrected chi connectivity index (χ1v) is 8.53. The Balaban J connectivity index is 1.78. The van der Waals surface area contributed by atoms with Crippen molar-refractivity contribution in [2.75, 3.05) is 5.32 Å². The van der Waals surface area contributed by atoms with Crippen LogP contribution in [-0.2, 0) is 0 Å². The Kier molecular flexibility index (Phi) is 3.99. The van der Waals surface area contributed by atoms with Gasteiger partial charge in [-0.3, -0.25) is 4.98 Å². The summed E-state index contributed by atoms with van der Waals surface area (Å²) in [7, 11) is 0. The van der Waals surface area contributed by atoms with Crippen molar-refractivity contribution in [2.45, 2.75) is 32.7 Å². The average molecular weight is 350 g/mol. The van der Waals surface area contributed by atoms with Gasteiger partial charge in [-0.1, -0.05) is 13.8 Å². The molecule has 132 valence electrons. The maximum absolute atomic E-state index is 13.6. The zero-order valence-electron chi connectivity index (χ0n) is 14.8. The molecule has 4 aromatic rings. The van der Waals surface area contributed by atoms with Gasteiger partial charge in [0.2, 0.25) is 0 Å². The minimum atomic E-state index is -0.277. The molecule has 1 unspecified atom stereocenters. The van der Waals surface area contributed by atoms with Crippen LogP contribution in [0.25, 0.3) is 22.1 Å². The van der Waals surface area contributed by atoms with Gasteiger partial charge in [0.1, 0.15) is 17.7 Å². The lowest BCUT2D eigenvalue weighted by Gasteiger charge is -2.20. The Morgan fingerprint density at radius 3 is 2.73 bits per heavy atom. The fraction of sp³-hybridized carbons (Fsp3) is 0.263. The molecule has 3 aromatic heterocycles. The Labute approximate surface area is 149 Å². The number of anilines is 1. The fourth-order valence-corrected chi connectivity index (χ4v) is 3.13. The second-order valence-corrected chi connectivity index (χ2v) is 6.64. The summed E-state index contributed by atoms with van der Waals surface area (Å²) >= 11 is 0. The molecule has 1 aromatic carbocycles. The molecule has 6 nitrogen and oxygen atoms in total. The van der Waals surface area contributed by atoms with Gasteiger partial charge in [0.15, 0.2) is 11.5 Å². The van der Waals surface area contributed by atoms with E-state index in [9.17, 15) is 4.39 Å². The van der Waals surface area contributed by atoms with E-state index in [0.29, 0.717) is 22.5 Å². The third-order valence-electron chi connectivity index (χ3n) is 4.42. The van der Waals surface area contributed by atoms with Crippen LogP contribution in [0.15, 0.2) is 36.9 Å². The monoisotopic (exact) mass is 350 g/mol. The first-order valence-electron chi connectivity index (χ1n) is 8.53. The Morgan fingerprint density at radius 1 is 1.08 bits per heavy atom. The van der Waals surface area contributed by atoms with Crippen molar-refractivity contribution in [2.24, 2.45) is 0 Å². The summed E-state index contributed by atoms with van der Waals surface area (Å²) < 4.78 is 13.6. The topological polar surface area (TPSA) is 79.4 Å². The van der Waals surface area contributed by atoms with Gasteiger partial charge < -0.3 is 10.3 Å². The highest BCUT2D eigenvalue weighted by Gasteiger charge is 2.18. The first kappa shape index (κ1) is 16.4. The minimum absolute atomic E-state index is 0.0517. The third kappa shape index (κ3) is 2.85. The second kappa shape index (κ2) is 6.33. The van der Waals surface area contributed by atoms with Crippen LogP contribution in [0.4, 0.5) is 10.2 Å². The Bertz CT molecular complexity index is 1090. The smallest absolute Gasteiger partial charge is 0.162 e. The molecular formula is C19H19FN6. The van der Waals surface area contributed by atoms with Gasteiger partial charge in [0.05, 0.1) is 17.9 Å². The lowest BCUT2D eigenvalue weighted by molar-refractivity contribution is 0.629. The number of halogens is 1. The van der Waals surface area contributed by atoms with Gasteiger partial charge in [-0.05, 0) is 36.6 Å². The summed E-state index contributed by atoms with van der Waals surface area (Å²) in [6, 6.07) is 6.70.